The third-order valence-corrected chi connectivity index (χ3v) is 3.00. The van der Waals surface area contributed by atoms with Crippen LogP contribution in [0.2, 0.25) is 0 Å². The van der Waals surface area contributed by atoms with Gasteiger partial charge in [-0.2, -0.15) is 0 Å². The first-order valence-electron chi connectivity index (χ1n) is 4.01. The fourth-order valence-electron chi connectivity index (χ4n) is 1.12. The van der Waals surface area contributed by atoms with E-state index in [1.54, 1.807) is 11.3 Å². The zero-order valence-corrected chi connectivity index (χ0v) is 9.78. The fourth-order valence-corrected chi connectivity index (χ4v) is 2.05. The average molecular weight is 236 g/mol. The van der Waals surface area contributed by atoms with Crippen molar-refractivity contribution in [1.82, 2.24) is 0 Å². The molecule has 80 valence electrons. The van der Waals surface area contributed by atoms with E-state index in [-0.39, 0.29) is 30.8 Å². The minimum atomic E-state index is -0.264. The van der Waals surface area contributed by atoms with Crippen molar-refractivity contribution in [1.29, 1.82) is 0 Å². The Labute approximate surface area is 93.7 Å². The monoisotopic (exact) mass is 235 g/mol. The molecule has 0 amide bonds. The highest BCUT2D eigenvalue weighted by Gasteiger charge is 2.14. The molecule has 1 rings (SSSR count). The molecule has 0 bridgehead atoms. The van der Waals surface area contributed by atoms with Crippen molar-refractivity contribution in [3.63, 3.8) is 0 Å². The molecule has 0 aromatic carbocycles. The molecule has 0 saturated carbocycles. The quantitative estimate of drug-likeness (QED) is 0.816. The summed E-state index contributed by atoms with van der Waals surface area (Å²) in [5.41, 5.74) is 6.97. The van der Waals surface area contributed by atoms with Crippen LogP contribution in [0, 0.1) is 6.92 Å². The summed E-state index contributed by atoms with van der Waals surface area (Å²) < 4.78 is 4.54. The van der Waals surface area contributed by atoms with Crippen molar-refractivity contribution >= 4 is 29.7 Å². The lowest BCUT2D eigenvalue weighted by atomic mass is 10.1. The zero-order valence-electron chi connectivity index (χ0n) is 8.15. The minimum Gasteiger partial charge on any atom is -0.469 e. The number of nitrogens with two attached hydrogens (primary N) is 1. The first-order chi connectivity index (χ1) is 6.15. The molecule has 1 aromatic rings. The summed E-state index contributed by atoms with van der Waals surface area (Å²) in [5.74, 6) is -0.264. The van der Waals surface area contributed by atoms with Crippen molar-refractivity contribution in [2.24, 2.45) is 5.73 Å². The topological polar surface area (TPSA) is 52.3 Å². The van der Waals surface area contributed by atoms with Crippen LogP contribution in [0.5, 0.6) is 0 Å². The second-order valence-electron chi connectivity index (χ2n) is 2.85. The van der Waals surface area contributed by atoms with Crippen LogP contribution in [-0.4, -0.2) is 13.1 Å². The Balaban J connectivity index is 0.00000169. The standard InChI is InChI=1S/C9H13NO2S.ClH/c1-6-3-4-13-9(6)7(10)5-8(11)12-2;/h3-4,7H,5,10H2,1-2H3;1H/t7-;/m1./s1. The van der Waals surface area contributed by atoms with Gasteiger partial charge < -0.3 is 10.5 Å². The van der Waals surface area contributed by atoms with E-state index in [1.807, 2.05) is 18.4 Å². The summed E-state index contributed by atoms with van der Waals surface area (Å²) in [4.78, 5) is 12.0. The van der Waals surface area contributed by atoms with Gasteiger partial charge in [0.25, 0.3) is 0 Å². The zero-order chi connectivity index (χ0) is 9.84. The van der Waals surface area contributed by atoms with Crippen LogP contribution in [0.4, 0.5) is 0 Å². The van der Waals surface area contributed by atoms with Crippen molar-refractivity contribution < 1.29 is 9.53 Å². The number of esters is 1. The van der Waals surface area contributed by atoms with Crippen LogP contribution in [0.3, 0.4) is 0 Å². The second-order valence-corrected chi connectivity index (χ2v) is 3.80. The van der Waals surface area contributed by atoms with Crippen molar-refractivity contribution in [2.45, 2.75) is 19.4 Å². The molecule has 1 aromatic heterocycles. The number of aryl methyl sites for hydroxylation is 1. The molecular formula is C9H14ClNO2S. The van der Waals surface area contributed by atoms with Crippen LogP contribution in [0.15, 0.2) is 11.4 Å². The number of hydrogen-bond acceptors (Lipinski definition) is 4. The number of ether oxygens (including phenoxy) is 1. The number of carbonyl (C=O) groups is 1. The van der Waals surface area contributed by atoms with E-state index in [1.165, 1.54) is 7.11 Å². The normalized spacial score (nSPS) is 11.6. The molecule has 0 aliphatic carbocycles. The van der Waals surface area contributed by atoms with Crippen LogP contribution in [0.25, 0.3) is 0 Å². The highest BCUT2D eigenvalue weighted by Crippen LogP contribution is 2.24. The van der Waals surface area contributed by atoms with E-state index < -0.39 is 0 Å². The number of thiophene rings is 1. The summed E-state index contributed by atoms with van der Waals surface area (Å²) in [6.07, 6.45) is 0.248. The molecule has 1 atom stereocenters. The van der Waals surface area contributed by atoms with Crippen LogP contribution >= 0.6 is 23.7 Å². The first kappa shape index (κ1) is 13.4. The van der Waals surface area contributed by atoms with Gasteiger partial charge >= 0.3 is 5.97 Å². The van der Waals surface area contributed by atoms with E-state index >= 15 is 0 Å². The predicted octanol–water partition coefficient (Wildman–Crippen LogP) is 2.04. The molecule has 0 aliphatic rings. The number of rotatable bonds is 3. The molecule has 0 radical (unpaired) electrons. The molecule has 0 unspecified atom stereocenters. The lowest BCUT2D eigenvalue weighted by Gasteiger charge is -2.08. The fraction of sp³-hybridized carbons (Fsp3) is 0.444. The van der Waals surface area contributed by atoms with Gasteiger partial charge in [-0.15, -0.1) is 23.7 Å². The Hall–Kier alpha value is -0.580. The van der Waals surface area contributed by atoms with Gasteiger partial charge in [-0.1, -0.05) is 0 Å². The second kappa shape index (κ2) is 6.01. The third-order valence-electron chi connectivity index (χ3n) is 1.85. The molecule has 0 spiro atoms. The summed E-state index contributed by atoms with van der Waals surface area (Å²) in [5, 5.41) is 1.97. The number of hydrogen-bond donors (Lipinski definition) is 1. The lowest BCUT2D eigenvalue weighted by molar-refractivity contribution is -0.141. The van der Waals surface area contributed by atoms with Gasteiger partial charge in [-0.25, -0.2) is 0 Å². The number of halogens is 1. The van der Waals surface area contributed by atoms with Gasteiger partial charge in [0.2, 0.25) is 0 Å². The van der Waals surface area contributed by atoms with Crippen LogP contribution in [-0.2, 0) is 9.53 Å². The molecular weight excluding hydrogens is 222 g/mol. The summed E-state index contributed by atoms with van der Waals surface area (Å²) in [6.45, 7) is 1.99. The summed E-state index contributed by atoms with van der Waals surface area (Å²) in [7, 11) is 1.37. The molecule has 14 heavy (non-hydrogen) atoms. The molecule has 0 aliphatic heterocycles. The Bertz CT molecular complexity index is 301. The maximum Gasteiger partial charge on any atom is 0.307 e. The summed E-state index contributed by atoms with van der Waals surface area (Å²) >= 11 is 1.58. The van der Waals surface area contributed by atoms with Gasteiger partial charge in [0.1, 0.15) is 0 Å². The van der Waals surface area contributed by atoms with E-state index in [0.29, 0.717) is 0 Å². The number of methoxy groups -OCH3 is 1. The Morgan fingerprint density at radius 1 is 1.71 bits per heavy atom. The highest BCUT2D eigenvalue weighted by atomic mass is 35.5. The molecule has 0 fully saturated rings. The SMILES string of the molecule is COC(=O)C[C@@H](N)c1sccc1C.Cl. The van der Waals surface area contributed by atoms with E-state index in [4.69, 9.17) is 5.73 Å². The molecule has 3 nitrogen and oxygen atoms in total. The Morgan fingerprint density at radius 3 is 2.79 bits per heavy atom. The molecule has 1 heterocycles. The van der Waals surface area contributed by atoms with Crippen molar-refractivity contribution in [3.8, 4) is 0 Å². The highest BCUT2D eigenvalue weighted by molar-refractivity contribution is 7.10. The van der Waals surface area contributed by atoms with Gasteiger partial charge in [-0.05, 0) is 23.9 Å². The van der Waals surface area contributed by atoms with Gasteiger partial charge in [-0.3, -0.25) is 4.79 Å². The van der Waals surface area contributed by atoms with Gasteiger partial charge in [0.05, 0.1) is 13.5 Å². The van der Waals surface area contributed by atoms with E-state index in [9.17, 15) is 4.79 Å². The molecule has 2 N–H and O–H groups in total. The van der Waals surface area contributed by atoms with Crippen molar-refractivity contribution in [2.75, 3.05) is 7.11 Å². The Morgan fingerprint density at radius 2 is 2.36 bits per heavy atom. The average Bonchev–Trinajstić information content (AvgIpc) is 2.51. The maximum absolute atomic E-state index is 10.9. The number of carbonyl (C=O) groups excluding carboxylic acids is 1. The smallest absolute Gasteiger partial charge is 0.307 e. The molecule has 5 heteroatoms. The van der Waals surface area contributed by atoms with Crippen LogP contribution < -0.4 is 5.73 Å². The van der Waals surface area contributed by atoms with Crippen LogP contribution in [0.1, 0.15) is 22.9 Å². The van der Waals surface area contributed by atoms with Crippen molar-refractivity contribution in [3.05, 3.63) is 21.9 Å². The molecule has 0 saturated heterocycles. The third kappa shape index (κ3) is 3.29. The maximum atomic E-state index is 10.9. The first-order valence-corrected chi connectivity index (χ1v) is 4.89. The van der Waals surface area contributed by atoms with Gasteiger partial charge in [0.15, 0.2) is 0 Å². The minimum absolute atomic E-state index is 0. The summed E-state index contributed by atoms with van der Waals surface area (Å²) in [6, 6.07) is 1.77. The predicted molar refractivity (Wildman–Crippen MR) is 59.9 cm³/mol. The van der Waals surface area contributed by atoms with Gasteiger partial charge in [0, 0.05) is 10.9 Å². The largest absolute Gasteiger partial charge is 0.469 e. The lowest BCUT2D eigenvalue weighted by Crippen LogP contribution is -2.15. The van der Waals surface area contributed by atoms with E-state index in [2.05, 4.69) is 4.74 Å². The Kier molecular flexibility index (Phi) is 5.76. The van der Waals surface area contributed by atoms with E-state index in [0.717, 1.165) is 10.4 Å².